The van der Waals surface area contributed by atoms with Gasteiger partial charge >= 0.3 is 0 Å². The zero-order valence-corrected chi connectivity index (χ0v) is 18.4. The van der Waals surface area contributed by atoms with Gasteiger partial charge in [-0.15, -0.1) is 11.8 Å². The van der Waals surface area contributed by atoms with Gasteiger partial charge in [0, 0.05) is 36.0 Å². The summed E-state index contributed by atoms with van der Waals surface area (Å²) in [6, 6.07) is 32.1. The van der Waals surface area contributed by atoms with Gasteiger partial charge in [0.2, 0.25) is 0 Å². The lowest BCUT2D eigenvalue weighted by Gasteiger charge is -2.39. The number of fused-ring (bicyclic) bond motifs is 2. The molecular weight excluding hydrogens is 384 g/mol. The van der Waals surface area contributed by atoms with Crippen LogP contribution in [0, 0.1) is 5.92 Å². The first-order chi connectivity index (χ1) is 14.8. The van der Waals surface area contributed by atoms with Crippen LogP contribution in [0.5, 0.6) is 0 Å². The second-order valence-electron chi connectivity index (χ2n) is 8.55. The van der Waals surface area contributed by atoms with Crippen LogP contribution in [0.2, 0.25) is 0 Å². The minimum absolute atomic E-state index is 0.394. The smallest absolute Gasteiger partial charge is 0.0362 e. The Morgan fingerprint density at radius 1 is 0.900 bits per heavy atom. The third kappa shape index (κ3) is 3.82. The van der Waals surface area contributed by atoms with Gasteiger partial charge in [0.1, 0.15) is 0 Å². The molecule has 0 saturated carbocycles. The van der Waals surface area contributed by atoms with Crippen LogP contribution < -0.4 is 5.32 Å². The first-order valence-electron chi connectivity index (χ1n) is 11.0. The highest BCUT2D eigenvalue weighted by molar-refractivity contribution is 7.98. The van der Waals surface area contributed by atoms with E-state index < -0.39 is 0 Å². The Balaban J connectivity index is 1.47. The second kappa shape index (κ2) is 8.97. The summed E-state index contributed by atoms with van der Waals surface area (Å²) in [6.07, 6.45) is 3.49. The quantitative estimate of drug-likeness (QED) is 0.521. The van der Waals surface area contributed by atoms with Crippen LogP contribution in [-0.4, -0.2) is 36.3 Å². The number of benzene rings is 3. The molecule has 2 nitrogen and oxygen atoms in total. The highest BCUT2D eigenvalue weighted by atomic mass is 32.2. The Hall–Kier alpha value is -2.07. The molecular formula is C27H30N2S. The van der Waals surface area contributed by atoms with Crippen molar-refractivity contribution in [1.82, 2.24) is 10.2 Å². The van der Waals surface area contributed by atoms with Crippen LogP contribution in [0.3, 0.4) is 0 Å². The van der Waals surface area contributed by atoms with Gasteiger partial charge in [-0.25, -0.2) is 0 Å². The molecule has 0 spiro atoms. The molecule has 2 aliphatic heterocycles. The molecule has 1 unspecified atom stereocenters. The molecule has 0 aromatic heterocycles. The van der Waals surface area contributed by atoms with Gasteiger partial charge in [0.25, 0.3) is 0 Å². The molecule has 0 radical (unpaired) electrons. The lowest BCUT2D eigenvalue weighted by molar-refractivity contribution is 0.197. The summed E-state index contributed by atoms with van der Waals surface area (Å²) >= 11 is 1.84. The second-order valence-corrected chi connectivity index (χ2v) is 9.40. The van der Waals surface area contributed by atoms with E-state index in [0.717, 1.165) is 12.5 Å². The summed E-state index contributed by atoms with van der Waals surface area (Å²) in [7, 11) is 0. The van der Waals surface area contributed by atoms with Gasteiger partial charge in [0.15, 0.2) is 0 Å². The molecule has 4 atom stereocenters. The Morgan fingerprint density at radius 2 is 1.53 bits per heavy atom. The maximum absolute atomic E-state index is 4.02. The highest BCUT2D eigenvalue weighted by Gasteiger charge is 2.49. The van der Waals surface area contributed by atoms with Crippen molar-refractivity contribution < 1.29 is 0 Å². The van der Waals surface area contributed by atoms with Gasteiger partial charge < -0.3 is 5.32 Å². The van der Waals surface area contributed by atoms with E-state index in [4.69, 9.17) is 0 Å². The van der Waals surface area contributed by atoms with Gasteiger partial charge in [-0.3, -0.25) is 4.90 Å². The van der Waals surface area contributed by atoms with Crippen molar-refractivity contribution in [3.8, 4) is 0 Å². The van der Waals surface area contributed by atoms with Crippen molar-refractivity contribution in [2.24, 2.45) is 5.92 Å². The molecule has 3 aromatic carbocycles. The van der Waals surface area contributed by atoms with Crippen molar-refractivity contribution in [2.75, 3.05) is 19.3 Å². The average Bonchev–Trinajstić information content (AvgIpc) is 3.42. The van der Waals surface area contributed by atoms with Gasteiger partial charge in [-0.2, -0.15) is 0 Å². The third-order valence-electron chi connectivity index (χ3n) is 6.93. The standard InChI is InChI=1S/C27H30N2S/c1-30-24-15-9-8-14-22(24)18-28-26-23-16-17-29(19-23)27(26)25(20-10-4-2-5-11-20)21-12-6-3-7-13-21/h2-15,23,25-28H,16-19H2,1H3/t23-,26-,27-/m0/s1. The highest BCUT2D eigenvalue weighted by Crippen LogP contribution is 2.43. The van der Waals surface area contributed by atoms with Crippen LogP contribution >= 0.6 is 11.8 Å². The number of piperidine rings is 1. The Morgan fingerprint density at radius 3 is 2.20 bits per heavy atom. The van der Waals surface area contributed by atoms with E-state index in [-0.39, 0.29) is 0 Å². The molecule has 30 heavy (non-hydrogen) atoms. The van der Waals surface area contributed by atoms with Gasteiger partial charge in [-0.1, -0.05) is 78.9 Å². The first-order valence-corrected chi connectivity index (χ1v) is 12.3. The fraction of sp³-hybridized carbons (Fsp3) is 0.333. The van der Waals surface area contributed by atoms with E-state index in [1.165, 1.54) is 41.1 Å². The lowest BCUT2D eigenvalue weighted by atomic mass is 9.78. The van der Waals surface area contributed by atoms with Crippen molar-refractivity contribution in [1.29, 1.82) is 0 Å². The van der Waals surface area contributed by atoms with Crippen LogP contribution in [0.4, 0.5) is 0 Å². The Bertz CT molecular complexity index is 919. The number of nitrogens with zero attached hydrogens (tertiary/aromatic N) is 1. The molecule has 1 N–H and O–H groups in total. The average molecular weight is 415 g/mol. The van der Waals surface area contributed by atoms with Crippen molar-refractivity contribution in [3.63, 3.8) is 0 Å². The third-order valence-corrected chi connectivity index (χ3v) is 7.77. The largest absolute Gasteiger partial charge is 0.308 e. The monoisotopic (exact) mass is 414 g/mol. The first kappa shape index (κ1) is 19.9. The zero-order valence-electron chi connectivity index (χ0n) is 17.6. The van der Waals surface area contributed by atoms with E-state index in [1.807, 2.05) is 11.8 Å². The summed E-state index contributed by atoms with van der Waals surface area (Å²) < 4.78 is 0. The van der Waals surface area contributed by atoms with E-state index in [1.54, 1.807) is 0 Å². The summed E-state index contributed by atoms with van der Waals surface area (Å²) in [5.41, 5.74) is 4.27. The molecule has 3 aromatic rings. The molecule has 2 heterocycles. The summed E-state index contributed by atoms with van der Waals surface area (Å²) in [4.78, 5) is 4.13. The summed E-state index contributed by atoms with van der Waals surface area (Å²) in [5.74, 6) is 1.14. The number of hydrogen-bond acceptors (Lipinski definition) is 3. The SMILES string of the molecule is CSc1ccccc1CN[C@H]1[C@H]2CCN(C2)[C@H]1C(c1ccccc1)c1ccccc1. The maximum atomic E-state index is 4.02. The fourth-order valence-electron chi connectivity index (χ4n) is 5.58. The zero-order chi connectivity index (χ0) is 20.3. The summed E-state index contributed by atoms with van der Waals surface area (Å²) in [6.45, 7) is 3.40. The minimum Gasteiger partial charge on any atom is -0.308 e. The van der Waals surface area contributed by atoms with Crippen molar-refractivity contribution in [3.05, 3.63) is 102 Å². The number of thioether (sulfide) groups is 1. The molecule has 2 fully saturated rings. The number of nitrogens with one attached hydrogen (secondary N) is 1. The molecule has 3 heteroatoms. The number of rotatable bonds is 7. The minimum atomic E-state index is 0.394. The predicted molar refractivity (Wildman–Crippen MR) is 127 cm³/mol. The van der Waals surface area contributed by atoms with Gasteiger partial charge in [0.05, 0.1) is 0 Å². The molecule has 2 aliphatic rings. The van der Waals surface area contributed by atoms with Crippen LogP contribution in [0.25, 0.3) is 0 Å². The molecule has 0 aliphatic carbocycles. The van der Waals surface area contributed by atoms with E-state index in [9.17, 15) is 0 Å². The maximum Gasteiger partial charge on any atom is 0.0362 e. The van der Waals surface area contributed by atoms with Crippen molar-refractivity contribution >= 4 is 11.8 Å². The van der Waals surface area contributed by atoms with Crippen molar-refractivity contribution in [2.45, 2.75) is 35.9 Å². The predicted octanol–water partition coefficient (Wildman–Crippen LogP) is 5.40. The molecule has 5 rings (SSSR count). The normalized spacial score (nSPS) is 25.1. The van der Waals surface area contributed by atoms with Crippen LogP contribution in [0.1, 0.15) is 29.0 Å². The molecule has 2 bridgehead atoms. The fourth-order valence-corrected chi connectivity index (χ4v) is 6.19. The van der Waals surface area contributed by atoms with Crippen LogP contribution in [0.15, 0.2) is 89.8 Å². The van der Waals surface area contributed by atoms with Gasteiger partial charge in [-0.05, 0) is 47.9 Å². The number of hydrogen-bond donors (Lipinski definition) is 1. The topological polar surface area (TPSA) is 15.3 Å². The lowest BCUT2D eigenvalue weighted by Crippen LogP contribution is -2.51. The Labute approximate surface area is 184 Å². The molecule has 0 amide bonds. The van der Waals surface area contributed by atoms with E-state index in [2.05, 4.69) is 101 Å². The van der Waals surface area contributed by atoms with Crippen LogP contribution in [-0.2, 0) is 6.54 Å². The van der Waals surface area contributed by atoms with E-state index >= 15 is 0 Å². The van der Waals surface area contributed by atoms with E-state index in [0.29, 0.717) is 18.0 Å². The Kier molecular flexibility index (Phi) is 5.94. The molecule has 154 valence electrons. The molecule has 2 saturated heterocycles. The summed E-state index contributed by atoms with van der Waals surface area (Å²) in [5, 5.41) is 4.02.